The number of amidine groups is 1. The summed E-state index contributed by atoms with van der Waals surface area (Å²) in [6, 6.07) is 15.8. The fourth-order valence-corrected chi connectivity index (χ4v) is 7.80. The molecule has 3 unspecified atom stereocenters. The van der Waals surface area contributed by atoms with Gasteiger partial charge in [-0.15, -0.1) is 5.10 Å². The van der Waals surface area contributed by atoms with Gasteiger partial charge in [-0.1, -0.05) is 65.7 Å². The summed E-state index contributed by atoms with van der Waals surface area (Å²) in [5.74, 6) is -0.162. The van der Waals surface area contributed by atoms with Crippen molar-refractivity contribution in [2.45, 2.75) is 50.1 Å². The first-order valence-corrected chi connectivity index (χ1v) is 13.0. The van der Waals surface area contributed by atoms with Gasteiger partial charge in [0.05, 0.1) is 0 Å². The van der Waals surface area contributed by atoms with Gasteiger partial charge < -0.3 is 10.6 Å². The highest BCUT2D eigenvalue weighted by molar-refractivity contribution is 8.15. The Hall–Kier alpha value is -2.06. The number of nitrogens with one attached hydrogen (secondary N) is 2. The van der Waals surface area contributed by atoms with Crippen molar-refractivity contribution < 1.29 is 9.59 Å². The highest BCUT2D eigenvalue weighted by Crippen LogP contribution is 2.62. The number of thioether (sulfide) groups is 1. The minimum atomic E-state index is -0.623. The molecule has 6 nitrogen and oxygen atoms in total. The van der Waals surface area contributed by atoms with E-state index in [9.17, 15) is 9.59 Å². The highest BCUT2D eigenvalue weighted by atomic mass is 35.5. The van der Waals surface area contributed by atoms with Crippen LogP contribution in [0.25, 0.3) is 0 Å². The largest absolute Gasteiger partial charge is 0.304 e. The molecule has 3 aliphatic rings. The van der Waals surface area contributed by atoms with E-state index in [0.717, 1.165) is 30.4 Å². The molecule has 2 N–H and O–H groups in total. The number of hydrazone groups is 1. The van der Waals surface area contributed by atoms with E-state index in [4.69, 9.17) is 23.2 Å². The molecule has 2 bridgehead atoms. The first kappa shape index (κ1) is 23.7. The Balaban J connectivity index is 1.66. The molecule has 2 aromatic rings. The molecule has 178 valence electrons. The smallest absolute Gasteiger partial charge is 0.240 e. The lowest BCUT2D eigenvalue weighted by Gasteiger charge is -2.59. The van der Waals surface area contributed by atoms with Gasteiger partial charge >= 0.3 is 0 Å². The van der Waals surface area contributed by atoms with Gasteiger partial charge in [-0.05, 0) is 48.2 Å². The van der Waals surface area contributed by atoms with E-state index in [1.807, 2.05) is 24.3 Å². The lowest BCUT2D eigenvalue weighted by atomic mass is 9.64. The molecule has 0 aromatic heterocycles. The number of hydrogen-bond donors (Lipinski definition) is 2. The zero-order chi connectivity index (χ0) is 24.0. The predicted molar refractivity (Wildman–Crippen MR) is 136 cm³/mol. The van der Waals surface area contributed by atoms with Crippen LogP contribution in [0.15, 0.2) is 53.6 Å². The standard InChI is InChI=1S/C25H26Cl2N4O2S/c1-14(32)28-24-30-31(15(2)33)25(34-24)20-4-3-5-21(25)23(17-8-12-19(27)13-9-17)29-22(20)16-6-10-18(26)11-7-16/h6-13,20-23,29H,3-5H2,1-2H3,(H,28,30,32)/t20-,21+,22?,23?,25?. The molecule has 0 radical (unpaired) electrons. The van der Waals surface area contributed by atoms with Crippen molar-refractivity contribution in [3.05, 3.63) is 69.7 Å². The van der Waals surface area contributed by atoms with Crippen molar-refractivity contribution in [3.63, 3.8) is 0 Å². The zero-order valence-corrected chi connectivity index (χ0v) is 21.3. The quantitative estimate of drug-likeness (QED) is 0.552. The van der Waals surface area contributed by atoms with E-state index >= 15 is 0 Å². The maximum Gasteiger partial charge on any atom is 0.240 e. The fraction of sp³-hybridized carbons (Fsp3) is 0.400. The van der Waals surface area contributed by atoms with Crippen LogP contribution < -0.4 is 10.6 Å². The third-order valence-electron chi connectivity index (χ3n) is 7.08. The van der Waals surface area contributed by atoms with Crippen molar-refractivity contribution in [1.82, 2.24) is 15.6 Å². The van der Waals surface area contributed by atoms with Crippen LogP contribution >= 0.6 is 35.0 Å². The number of halogens is 2. The van der Waals surface area contributed by atoms with E-state index in [0.29, 0.717) is 15.2 Å². The summed E-state index contributed by atoms with van der Waals surface area (Å²) < 4.78 is 0. The SMILES string of the molecule is CC(=O)NC1=NN(C(C)=O)C2(S1)[C@@H]1CCC[C@H]2C(c2ccc(Cl)cc2)NC1c1ccc(Cl)cc1. The van der Waals surface area contributed by atoms with Crippen LogP contribution in [-0.2, 0) is 9.59 Å². The summed E-state index contributed by atoms with van der Waals surface area (Å²) in [5, 5.41) is 14.9. The molecular weight excluding hydrogens is 491 g/mol. The minimum Gasteiger partial charge on any atom is -0.304 e. The molecule has 2 heterocycles. The lowest BCUT2D eigenvalue weighted by molar-refractivity contribution is -0.140. The number of piperidine rings is 1. The van der Waals surface area contributed by atoms with Gasteiger partial charge in [-0.3, -0.25) is 9.59 Å². The molecular formula is C25H26Cl2N4O2S. The topological polar surface area (TPSA) is 73.8 Å². The normalized spacial score (nSPS) is 30.2. The molecule has 2 amide bonds. The molecule has 5 rings (SSSR count). The summed E-state index contributed by atoms with van der Waals surface area (Å²) in [4.78, 5) is 24.3. The Kier molecular flexibility index (Phi) is 6.40. The fourth-order valence-electron chi connectivity index (χ4n) is 5.85. The molecule has 1 spiro atoms. The number of benzene rings is 2. The molecule has 9 heteroatoms. The van der Waals surface area contributed by atoms with E-state index in [-0.39, 0.29) is 35.7 Å². The van der Waals surface area contributed by atoms with Crippen molar-refractivity contribution >= 4 is 51.9 Å². The summed E-state index contributed by atoms with van der Waals surface area (Å²) in [6.45, 7) is 3.01. The average Bonchev–Trinajstić information content (AvgIpc) is 3.13. The number of amides is 2. The molecule has 1 saturated carbocycles. The van der Waals surface area contributed by atoms with Crippen LogP contribution in [0.4, 0.5) is 0 Å². The summed E-state index contributed by atoms with van der Waals surface area (Å²) >= 11 is 13.9. The average molecular weight is 517 g/mol. The Morgan fingerprint density at radius 3 is 1.91 bits per heavy atom. The molecule has 1 saturated heterocycles. The van der Waals surface area contributed by atoms with Crippen molar-refractivity contribution in [3.8, 4) is 0 Å². The number of hydrogen-bond acceptors (Lipinski definition) is 5. The number of nitrogens with zero attached hydrogens (tertiary/aromatic N) is 2. The van der Waals surface area contributed by atoms with Crippen LogP contribution in [0.2, 0.25) is 10.0 Å². The summed E-state index contributed by atoms with van der Waals surface area (Å²) in [5.41, 5.74) is 2.23. The van der Waals surface area contributed by atoms with Crippen molar-refractivity contribution in [1.29, 1.82) is 0 Å². The van der Waals surface area contributed by atoms with Gasteiger partial charge in [0.1, 0.15) is 4.87 Å². The van der Waals surface area contributed by atoms with Crippen LogP contribution in [0.5, 0.6) is 0 Å². The Morgan fingerprint density at radius 2 is 1.47 bits per heavy atom. The second-order valence-corrected chi connectivity index (χ2v) is 11.3. The molecule has 34 heavy (non-hydrogen) atoms. The third kappa shape index (κ3) is 4.02. The highest BCUT2D eigenvalue weighted by Gasteiger charge is 2.64. The second kappa shape index (κ2) is 9.19. The minimum absolute atomic E-state index is 0.0317. The van der Waals surface area contributed by atoms with Gasteiger partial charge in [0, 0.05) is 47.8 Å². The molecule has 2 aromatic carbocycles. The lowest BCUT2D eigenvalue weighted by Crippen LogP contribution is -2.65. The van der Waals surface area contributed by atoms with Crippen LogP contribution in [0.1, 0.15) is 56.3 Å². The van der Waals surface area contributed by atoms with Gasteiger partial charge in [0.15, 0.2) is 5.17 Å². The molecule has 5 atom stereocenters. The van der Waals surface area contributed by atoms with E-state index in [1.165, 1.54) is 18.7 Å². The van der Waals surface area contributed by atoms with Crippen molar-refractivity contribution in [2.75, 3.05) is 0 Å². The zero-order valence-electron chi connectivity index (χ0n) is 18.9. The Labute approximate surface area is 213 Å². The van der Waals surface area contributed by atoms with Crippen LogP contribution in [0.3, 0.4) is 0 Å². The van der Waals surface area contributed by atoms with E-state index in [1.54, 1.807) is 11.9 Å². The summed E-state index contributed by atoms with van der Waals surface area (Å²) in [7, 11) is 0. The maximum atomic E-state index is 13.0. The van der Waals surface area contributed by atoms with Gasteiger partial charge in [-0.25, -0.2) is 5.01 Å². The molecule has 2 aliphatic heterocycles. The Bertz CT molecular complexity index is 1080. The Morgan fingerprint density at radius 1 is 0.971 bits per heavy atom. The van der Waals surface area contributed by atoms with Crippen molar-refractivity contribution in [2.24, 2.45) is 16.9 Å². The molecule has 2 fully saturated rings. The second-order valence-electron chi connectivity index (χ2n) is 9.14. The van der Waals surface area contributed by atoms with Crippen LogP contribution in [0, 0.1) is 11.8 Å². The van der Waals surface area contributed by atoms with Gasteiger partial charge in [-0.2, -0.15) is 0 Å². The van der Waals surface area contributed by atoms with Gasteiger partial charge in [0.2, 0.25) is 11.8 Å². The first-order valence-electron chi connectivity index (χ1n) is 11.4. The monoisotopic (exact) mass is 516 g/mol. The molecule has 1 aliphatic carbocycles. The van der Waals surface area contributed by atoms with Gasteiger partial charge in [0.25, 0.3) is 0 Å². The maximum absolute atomic E-state index is 13.0. The number of rotatable bonds is 2. The third-order valence-corrected chi connectivity index (χ3v) is 9.06. The number of carbonyl (C=O) groups excluding carboxylic acids is 2. The van der Waals surface area contributed by atoms with E-state index < -0.39 is 4.87 Å². The number of carbonyl (C=O) groups is 2. The van der Waals surface area contributed by atoms with Crippen LogP contribution in [-0.4, -0.2) is 26.9 Å². The predicted octanol–water partition coefficient (Wildman–Crippen LogP) is 5.49. The van der Waals surface area contributed by atoms with E-state index in [2.05, 4.69) is 40.0 Å². The first-order chi connectivity index (χ1) is 16.3. The summed E-state index contributed by atoms with van der Waals surface area (Å²) in [6.07, 6.45) is 2.92.